The Labute approximate surface area is 107 Å². The summed E-state index contributed by atoms with van der Waals surface area (Å²) in [6.07, 6.45) is 2.74. The molecule has 94 valence electrons. The molecule has 1 atom stereocenters. The highest BCUT2D eigenvalue weighted by Crippen LogP contribution is 2.27. The number of anilines is 1. The predicted octanol–water partition coefficient (Wildman–Crippen LogP) is 1.15. The van der Waals surface area contributed by atoms with E-state index in [2.05, 4.69) is 20.5 Å². The molecule has 5 heteroatoms. The normalized spacial score (nSPS) is 25.2. The van der Waals surface area contributed by atoms with Crippen molar-refractivity contribution in [2.45, 2.75) is 25.4 Å². The van der Waals surface area contributed by atoms with Crippen LogP contribution >= 0.6 is 11.3 Å². The highest BCUT2D eigenvalue weighted by Gasteiger charge is 2.31. The van der Waals surface area contributed by atoms with Gasteiger partial charge in [0.25, 0.3) is 0 Å². The summed E-state index contributed by atoms with van der Waals surface area (Å²) >= 11 is 1.79. The van der Waals surface area contributed by atoms with E-state index in [0.29, 0.717) is 0 Å². The molecule has 1 aromatic heterocycles. The van der Waals surface area contributed by atoms with E-state index in [4.69, 9.17) is 4.98 Å². The summed E-state index contributed by atoms with van der Waals surface area (Å²) in [5.41, 5.74) is 1.17. The molecule has 2 saturated heterocycles. The average molecular weight is 252 g/mol. The number of aromatic nitrogens is 1. The maximum absolute atomic E-state index is 4.70. The molecule has 0 aromatic carbocycles. The number of thiazole rings is 1. The van der Waals surface area contributed by atoms with Crippen molar-refractivity contribution in [3.05, 3.63) is 11.1 Å². The highest BCUT2D eigenvalue weighted by molar-refractivity contribution is 7.13. The van der Waals surface area contributed by atoms with Crippen LogP contribution in [-0.4, -0.2) is 49.2 Å². The van der Waals surface area contributed by atoms with Crippen molar-refractivity contribution in [2.24, 2.45) is 0 Å². The Morgan fingerprint density at radius 2 is 2.41 bits per heavy atom. The monoisotopic (exact) mass is 252 g/mol. The van der Waals surface area contributed by atoms with Crippen LogP contribution in [0.2, 0.25) is 0 Å². The van der Waals surface area contributed by atoms with Crippen molar-refractivity contribution in [3.63, 3.8) is 0 Å². The lowest BCUT2D eigenvalue weighted by molar-refractivity contribution is 0.231. The molecule has 0 bridgehead atoms. The minimum absolute atomic E-state index is 0.778. The molecule has 1 N–H and O–H groups in total. The van der Waals surface area contributed by atoms with Gasteiger partial charge in [-0.25, -0.2) is 4.98 Å². The van der Waals surface area contributed by atoms with Gasteiger partial charge >= 0.3 is 0 Å². The molecule has 2 aliphatic heterocycles. The van der Waals surface area contributed by atoms with E-state index in [1.165, 1.54) is 43.3 Å². The zero-order valence-electron chi connectivity index (χ0n) is 10.4. The van der Waals surface area contributed by atoms with Crippen LogP contribution < -0.4 is 10.2 Å². The number of fused-ring (bicyclic) bond motifs is 1. The van der Waals surface area contributed by atoms with E-state index in [1.807, 2.05) is 7.05 Å². The van der Waals surface area contributed by atoms with Crippen molar-refractivity contribution < 1.29 is 0 Å². The molecule has 1 unspecified atom stereocenters. The van der Waals surface area contributed by atoms with Crippen molar-refractivity contribution in [1.82, 2.24) is 15.2 Å². The van der Waals surface area contributed by atoms with Gasteiger partial charge in [0.1, 0.15) is 0 Å². The van der Waals surface area contributed by atoms with Crippen LogP contribution in [0.15, 0.2) is 5.38 Å². The van der Waals surface area contributed by atoms with Gasteiger partial charge in [0.2, 0.25) is 0 Å². The third-order valence-corrected chi connectivity index (χ3v) is 4.71. The number of nitrogens with one attached hydrogen (secondary N) is 1. The second-order valence-electron chi connectivity index (χ2n) is 4.93. The molecule has 0 spiro atoms. The maximum Gasteiger partial charge on any atom is 0.185 e. The van der Waals surface area contributed by atoms with Crippen LogP contribution in [0.1, 0.15) is 18.5 Å². The molecule has 4 nitrogen and oxygen atoms in total. The lowest BCUT2D eigenvalue weighted by atomic mass is 10.2. The van der Waals surface area contributed by atoms with E-state index < -0.39 is 0 Å². The Bertz CT molecular complexity index is 378. The summed E-state index contributed by atoms with van der Waals surface area (Å²) in [6, 6.07) is 0.778. The predicted molar refractivity (Wildman–Crippen MR) is 71.7 cm³/mol. The number of piperazine rings is 1. The average Bonchev–Trinajstić information content (AvgIpc) is 2.96. The zero-order valence-corrected chi connectivity index (χ0v) is 11.2. The molecule has 1 aromatic rings. The molecule has 0 aliphatic carbocycles. The van der Waals surface area contributed by atoms with E-state index in [1.54, 1.807) is 11.3 Å². The SMILES string of the molecule is CNCc1csc(N2CCN3CCCC3C2)n1. The number of nitrogens with zero attached hydrogens (tertiary/aromatic N) is 3. The summed E-state index contributed by atoms with van der Waals surface area (Å²) in [5, 5.41) is 6.54. The molecule has 17 heavy (non-hydrogen) atoms. The van der Waals surface area contributed by atoms with Gasteiger partial charge < -0.3 is 10.2 Å². The smallest absolute Gasteiger partial charge is 0.185 e. The third-order valence-electron chi connectivity index (χ3n) is 3.76. The van der Waals surface area contributed by atoms with Crippen molar-refractivity contribution in [1.29, 1.82) is 0 Å². The largest absolute Gasteiger partial charge is 0.345 e. The zero-order chi connectivity index (χ0) is 11.7. The van der Waals surface area contributed by atoms with Gasteiger partial charge in [-0.1, -0.05) is 0 Å². The lowest BCUT2D eigenvalue weighted by Crippen LogP contribution is -2.50. The number of hydrogen-bond donors (Lipinski definition) is 1. The lowest BCUT2D eigenvalue weighted by Gasteiger charge is -2.37. The van der Waals surface area contributed by atoms with Crippen LogP contribution in [0.5, 0.6) is 0 Å². The van der Waals surface area contributed by atoms with Crippen molar-refractivity contribution >= 4 is 16.5 Å². The molecule has 0 saturated carbocycles. The Kier molecular flexibility index (Phi) is 3.31. The minimum Gasteiger partial charge on any atom is -0.345 e. The molecular weight excluding hydrogens is 232 g/mol. The molecule has 3 rings (SSSR count). The third kappa shape index (κ3) is 2.32. The van der Waals surface area contributed by atoms with Gasteiger partial charge in [0.15, 0.2) is 5.13 Å². The summed E-state index contributed by atoms with van der Waals surface area (Å²) < 4.78 is 0. The van der Waals surface area contributed by atoms with Crippen LogP contribution in [0.3, 0.4) is 0 Å². The van der Waals surface area contributed by atoms with E-state index >= 15 is 0 Å². The molecule has 0 radical (unpaired) electrons. The Hall–Kier alpha value is -0.650. The quantitative estimate of drug-likeness (QED) is 0.874. The summed E-state index contributed by atoms with van der Waals surface area (Å²) in [5.74, 6) is 0. The van der Waals surface area contributed by atoms with E-state index in [0.717, 1.165) is 19.1 Å². The molecular formula is C12H20N4S. The fourth-order valence-electron chi connectivity index (χ4n) is 2.87. The first kappa shape index (κ1) is 11.4. The Morgan fingerprint density at radius 3 is 3.29 bits per heavy atom. The second-order valence-corrected chi connectivity index (χ2v) is 5.77. The first-order chi connectivity index (χ1) is 8.36. The summed E-state index contributed by atoms with van der Waals surface area (Å²) in [4.78, 5) is 9.81. The molecule has 0 amide bonds. The van der Waals surface area contributed by atoms with Crippen LogP contribution in [0, 0.1) is 0 Å². The molecule has 2 fully saturated rings. The van der Waals surface area contributed by atoms with E-state index in [-0.39, 0.29) is 0 Å². The summed E-state index contributed by atoms with van der Waals surface area (Å²) in [6.45, 7) is 5.71. The Morgan fingerprint density at radius 1 is 1.47 bits per heavy atom. The number of rotatable bonds is 3. The van der Waals surface area contributed by atoms with Crippen LogP contribution in [0.4, 0.5) is 5.13 Å². The summed E-state index contributed by atoms with van der Waals surface area (Å²) in [7, 11) is 1.97. The van der Waals surface area contributed by atoms with Crippen molar-refractivity contribution in [2.75, 3.05) is 38.1 Å². The van der Waals surface area contributed by atoms with Gasteiger partial charge in [-0.3, -0.25) is 4.90 Å². The fourth-order valence-corrected chi connectivity index (χ4v) is 3.73. The second kappa shape index (κ2) is 4.92. The van der Waals surface area contributed by atoms with Crippen molar-refractivity contribution in [3.8, 4) is 0 Å². The van der Waals surface area contributed by atoms with Gasteiger partial charge in [-0.05, 0) is 26.4 Å². The minimum atomic E-state index is 0.778. The van der Waals surface area contributed by atoms with Gasteiger partial charge in [0.05, 0.1) is 5.69 Å². The highest BCUT2D eigenvalue weighted by atomic mass is 32.1. The van der Waals surface area contributed by atoms with Crippen LogP contribution in [0.25, 0.3) is 0 Å². The van der Waals surface area contributed by atoms with Gasteiger partial charge in [-0.2, -0.15) is 0 Å². The van der Waals surface area contributed by atoms with Crippen LogP contribution in [-0.2, 0) is 6.54 Å². The maximum atomic E-state index is 4.70. The van der Waals surface area contributed by atoms with Gasteiger partial charge in [0, 0.05) is 37.6 Å². The standard InChI is InChI=1S/C12H20N4S/c1-13-7-10-9-17-12(14-10)16-6-5-15-4-2-3-11(15)8-16/h9,11,13H,2-8H2,1H3. The molecule has 3 heterocycles. The van der Waals surface area contributed by atoms with Gasteiger partial charge in [-0.15, -0.1) is 11.3 Å². The fraction of sp³-hybridized carbons (Fsp3) is 0.750. The number of hydrogen-bond acceptors (Lipinski definition) is 5. The first-order valence-electron chi connectivity index (χ1n) is 6.45. The first-order valence-corrected chi connectivity index (χ1v) is 7.33. The topological polar surface area (TPSA) is 31.4 Å². The molecule has 2 aliphatic rings. The van der Waals surface area contributed by atoms with E-state index in [9.17, 15) is 0 Å². The Balaban J connectivity index is 1.67.